The van der Waals surface area contributed by atoms with Gasteiger partial charge >= 0.3 is 0 Å². The summed E-state index contributed by atoms with van der Waals surface area (Å²) in [5.74, 6) is 1.47. The van der Waals surface area contributed by atoms with Gasteiger partial charge in [-0.05, 0) is 31.2 Å². The Balaban J connectivity index is 2.02. The Morgan fingerprint density at radius 2 is 1.67 bits per heavy atom. The van der Waals surface area contributed by atoms with Crippen LogP contribution < -0.4 is 14.2 Å². The van der Waals surface area contributed by atoms with E-state index in [1.807, 2.05) is 25.1 Å². The van der Waals surface area contributed by atoms with E-state index in [1.54, 1.807) is 32.2 Å². The minimum absolute atomic E-state index is 0.00135. The van der Waals surface area contributed by atoms with Gasteiger partial charge in [-0.2, -0.15) is 0 Å². The van der Waals surface area contributed by atoms with Crippen molar-refractivity contribution in [3.05, 3.63) is 39.6 Å². The molecule has 0 bridgehead atoms. The number of aryl methyl sites for hydroxylation is 1. The molecular formula is C20H25NO5S. The number of Topliss-reactive ketones (excluding diaryl/α,β-unsaturated/α-hetero) is 1. The van der Waals surface area contributed by atoms with Crippen molar-refractivity contribution in [3.63, 3.8) is 0 Å². The van der Waals surface area contributed by atoms with Crippen molar-refractivity contribution in [2.45, 2.75) is 26.3 Å². The van der Waals surface area contributed by atoms with E-state index in [4.69, 9.17) is 14.2 Å². The number of carbonyl (C=O) groups is 2. The van der Waals surface area contributed by atoms with Crippen molar-refractivity contribution in [3.8, 4) is 17.2 Å². The molecule has 0 spiro atoms. The average Bonchev–Trinajstić information content (AvgIpc) is 3.11. The molecule has 0 atom stereocenters. The molecule has 0 N–H and O–H groups in total. The molecule has 0 aliphatic carbocycles. The first kappa shape index (κ1) is 20.8. The van der Waals surface area contributed by atoms with Crippen molar-refractivity contribution in [1.82, 2.24) is 4.90 Å². The molecule has 146 valence electrons. The minimum Gasteiger partial charge on any atom is -0.493 e. The van der Waals surface area contributed by atoms with Crippen LogP contribution in [0.25, 0.3) is 0 Å². The zero-order valence-corrected chi connectivity index (χ0v) is 17.1. The molecule has 0 saturated heterocycles. The van der Waals surface area contributed by atoms with E-state index in [-0.39, 0.29) is 24.5 Å². The zero-order chi connectivity index (χ0) is 20.0. The third-order valence-corrected chi connectivity index (χ3v) is 5.24. The first-order valence-corrected chi connectivity index (χ1v) is 9.34. The number of hydrogen-bond acceptors (Lipinski definition) is 6. The Bertz CT molecular complexity index is 815. The molecule has 1 aromatic heterocycles. The van der Waals surface area contributed by atoms with Crippen molar-refractivity contribution in [2.75, 3.05) is 28.4 Å². The number of ketones is 1. The van der Waals surface area contributed by atoms with Crippen LogP contribution in [0.5, 0.6) is 17.2 Å². The molecule has 2 aromatic rings. The monoisotopic (exact) mass is 391 g/mol. The molecule has 27 heavy (non-hydrogen) atoms. The predicted octanol–water partition coefficient (Wildman–Crippen LogP) is 3.70. The highest BCUT2D eigenvalue weighted by atomic mass is 32.1. The second kappa shape index (κ2) is 9.41. The molecule has 0 unspecified atom stereocenters. The van der Waals surface area contributed by atoms with Crippen LogP contribution in [0, 0.1) is 6.92 Å². The number of carbonyl (C=O) groups excluding carboxylic acids is 2. The fraction of sp³-hybridized carbons (Fsp3) is 0.400. The maximum Gasteiger partial charge on any atom is 0.223 e. The number of thiophene rings is 1. The Hall–Kier alpha value is -2.54. The second-order valence-corrected chi connectivity index (χ2v) is 7.36. The van der Waals surface area contributed by atoms with Crippen LogP contribution >= 0.6 is 11.3 Å². The molecular weight excluding hydrogens is 366 g/mol. The Morgan fingerprint density at radius 3 is 2.22 bits per heavy atom. The van der Waals surface area contributed by atoms with Crippen molar-refractivity contribution in [1.29, 1.82) is 0 Å². The molecule has 0 saturated carbocycles. The van der Waals surface area contributed by atoms with Gasteiger partial charge in [-0.1, -0.05) is 0 Å². The van der Waals surface area contributed by atoms with Gasteiger partial charge in [-0.25, -0.2) is 0 Å². The average molecular weight is 391 g/mol. The molecule has 0 aliphatic heterocycles. The molecule has 1 heterocycles. The SMILES string of the molecule is COc1ccc(CN(C)C(=O)CCC(=O)c2ccc(C)s2)c(OC)c1OC. The Labute approximate surface area is 163 Å². The van der Waals surface area contributed by atoms with Gasteiger partial charge in [0.15, 0.2) is 17.3 Å². The summed E-state index contributed by atoms with van der Waals surface area (Å²) in [7, 11) is 6.35. The second-order valence-electron chi connectivity index (χ2n) is 6.08. The highest BCUT2D eigenvalue weighted by Crippen LogP contribution is 2.40. The van der Waals surface area contributed by atoms with Gasteiger partial charge in [0.25, 0.3) is 0 Å². The number of ether oxygens (including phenoxy) is 3. The fourth-order valence-electron chi connectivity index (χ4n) is 2.75. The molecule has 0 fully saturated rings. The van der Waals surface area contributed by atoms with Crippen molar-refractivity contribution < 1.29 is 23.8 Å². The van der Waals surface area contributed by atoms with Crippen LogP contribution in [0.4, 0.5) is 0 Å². The summed E-state index contributed by atoms with van der Waals surface area (Å²) in [5.41, 5.74) is 0.797. The lowest BCUT2D eigenvalue weighted by molar-refractivity contribution is -0.130. The number of nitrogens with zero attached hydrogens (tertiary/aromatic N) is 1. The summed E-state index contributed by atoms with van der Waals surface area (Å²) in [5, 5.41) is 0. The maximum atomic E-state index is 12.4. The summed E-state index contributed by atoms with van der Waals surface area (Å²) < 4.78 is 16.1. The molecule has 6 nitrogen and oxygen atoms in total. The Morgan fingerprint density at radius 1 is 0.963 bits per heavy atom. The van der Waals surface area contributed by atoms with E-state index in [2.05, 4.69) is 0 Å². The van der Waals surface area contributed by atoms with Gasteiger partial charge in [0, 0.05) is 36.9 Å². The lowest BCUT2D eigenvalue weighted by Crippen LogP contribution is -2.26. The van der Waals surface area contributed by atoms with Crippen LogP contribution in [0.3, 0.4) is 0 Å². The summed E-state index contributed by atoms with van der Waals surface area (Å²) in [4.78, 5) is 28.0. The molecule has 0 aliphatic rings. The number of rotatable bonds is 9. The summed E-state index contributed by atoms with van der Waals surface area (Å²) in [6.45, 7) is 2.30. The van der Waals surface area contributed by atoms with Gasteiger partial charge in [0.05, 0.1) is 26.2 Å². The molecule has 7 heteroatoms. The highest BCUT2D eigenvalue weighted by Gasteiger charge is 2.19. The van der Waals surface area contributed by atoms with Gasteiger partial charge in [0.1, 0.15) is 0 Å². The fourth-order valence-corrected chi connectivity index (χ4v) is 3.59. The maximum absolute atomic E-state index is 12.4. The third kappa shape index (κ3) is 5.01. The number of hydrogen-bond donors (Lipinski definition) is 0. The Kier molecular flexibility index (Phi) is 7.24. The minimum atomic E-state index is -0.103. The van der Waals surface area contributed by atoms with Crippen LogP contribution in [-0.4, -0.2) is 45.0 Å². The van der Waals surface area contributed by atoms with Crippen LogP contribution in [0.2, 0.25) is 0 Å². The lowest BCUT2D eigenvalue weighted by Gasteiger charge is -2.21. The molecule has 1 aromatic carbocycles. The van der Waals surface area contributed by atoms with Crippen molar-refractivity contribution in [2.24, 2.45) is 0 Å². The smallest absolute Gasteiger partial charge is 0.223 e. The highest BCUT2D eigenvalue weighted by molar-refractivity contribution is 7.14. The summed E-state index contributed by atoms with van der Waals surface area (Å²) >= 11 is 1.45. The summed E-state index contributed by atoms with van der Waals surface area (Å²) in [6, 6.07) is 7.33. The van der Waals surface area contributed by atoms with E-state index in [9.17, 15) is 9.59 Å². The lowest BCUT2D eigenvalue weighted by atomic mass is 10.1. The predicted molar refractivity (Wildman–Crippen MR) is 105 cm³/mol. The van der Waals surface area contributed by atoms with E-state index < -0.39 is 0 Å². The quantitative estimate of drug-likeness (QED) is 0.610. The zero-order valence-electron chi connectivity index (χ0n) is 16.3. The van der Waals surface area contributed by atoms with E-state index in [0.29, 0.717) is 28.7 Å². The topological polar surface area (TPSA) is 65.1 Å². The standard InChI is InChI=1S/C20H25NO5S/c1-13-6-10-17(27-13)15(22)8-11-18(23)21(2)12-14-7-9-16(24-3)20(26-5)19(14)25-4/h6-7,9-10H,8,11-12H2,1-5H3. The summed E-state index contributed by atoms with van der Waals surface area (Å²) in [6.07, 6.45) is 0.369. The largest absolute Gasteiger partial charge is 0.493 e. The van der Waals surface area contributed by atoms with Crippen LogP contribution in [0.15, 0.2) is 24.3 Å². The molecule has 2 rings (SSSR count). The van der Waals surface area contributed by atoms with Gasteiger partial charge < -0.3 is 19.1 Å². The normalized spacial score (nSPS) is 10.4. The van der Waals surface area contributed by atoms with Crippen molar-refractivity contribution >= 4 is 23.0 Å². The van der Waals surface area contributed by atoms with Crippen LogP contribution in [0.1, 0.15) is 33.0 Å². The number of benzene rings is 1. The van der Waals surface area contributed by atoms with E-state index in [1.165, 1.54) is 18.4 Å². The molecule has 0 radical (unpaired) electrons. The molecule has 1 amide bonds. The van der Waals surface area contributed by atoms with E-state index >= 15 is 0 Å². The van der Waals surface area contributed by atoms with Gasteiger partial charge in [-0.15, -0.1) is 11.3 Å². The van der Waals surface area contributed by atoms with Crippen LogP contribution in [-0.2, 0) is 11.3 Å². The van der Waals surface area contributed by atoms with Gasteiger partial charge in [0.2, 0.25) is 11.7 Å². The number of methoxy groups -OCH3 is 3. The first-order chi connectivity index (χ1) is 12.9. The number of amides is 1. The first-order valence-electron chi connectivity index (χ1n) is 8.52. The third-order valence-electron chi connectivity index (χ3n) is 4.20. The van der Waals surface area contributed by atoms with E-state index in [0.717, 1.165) is 10.4 Å². The van der Waals surface area contributed by atoms with Gasteiger partial charge in [-0.3, -0.25) is 9.59 Å².